The lowest BCUT2D eigenvalue weighted by molar-refractivity contribution is 0.189. The molecule has 7 nitrogen and oxygen atoms in total. The van der Waals surface area contributed by atoms with Crippen LogP contribution in [0.1, 0.15) is 30.6 Å². The van der Waals surface area contributed by atoms with Gasteiger partial charge in [0.05, 0.1) is 18.1 Å². The van der Waals surface area contributed by atoms with Crippen LogP contribution in [0.2, 0.25) is 0 Å². The quantitative estimate of drug-likeness (QED) is 0.559. The molecule has 7 heteroatoms. The Hall–Kier alpha value is -2.83. The number of fused-ring (bicyclic) bond motifs is 1. The molecule has 1 saturated heterocycles. The van der Waals surface area contributed by atoms with E-state index in [0.29, 0.717) is 12.0 Å². The standard InChI is InChI=1S/C21H29N7/c1-16-7-11-27(14-19(16)28-12-9-23-15-28)21(22-3)24-8-6-18-13-26-10-4-5-17(2)20(26)25-18/h4-5,9-10,12-13,15-16,19H,6-8,11,14H2,1-3H3,(H,22,24). The third-order valence-corrected chi connectivity index (χ3v) is 5.73. The maximum absolute atomic E-state index is 4.76. The van der Waals surface area contributed by atoms with Crippen LogP contribution in [0.15, 0.2) is 48.2 Å². The van der Waals surface area contributed by atoms with E-state index in [1.165, 1.54) is 5.56 Å². The summed E-state index contributed by atoms with van der Waals surface area (Å²) >= 11 is 0. The highest BCUT2D eigenvalue weighted by molar-refractivity contribution is 5.80. The summed E-state index contributed by atoms with van der Waals surface area (Å²) in [7, 11) is 1.86. The highest BCUT2D eigenvalue weighted by Gasteiger charge is 2.28. The molecule has 3 aromatic rings. The van der Waals surface area contributed by atoms with Gasteiger partial charge < -0.3 is 19.2 Å². The molecular weight excluding hydrogens is 350 g/mol. The monoisotopic (exact) mass is 379 g/mol. The molecule has 0 saturated carbocycles. The van der Waals surface area contributed by atoms with Gasteiger partial charge in [0.1, 0.15) is 5.65 Å². The molecule has 3 aromatic heterocycles. The summed E-state index contributed by atoms with van der Waals surface area (Å²) in [5.74, 6) is 1.60. The van der Waals surface area contributed by atoms with Crippen molar-refractivity contribution in [2.45, 2.75) is 32.7 Å². The van der Waals surface area contributed by atoms with Crippen LogP contribution in [0.3, 0.4) is 0 Å². The average Bonchev–Trinajstić information content (AvgIpc) is 3.36. The van der Waals surface area contributed by atoms with Gasteiger partial charge in [-0.25, -0.2) is 9.97 Å². The SMILES string of the molecule is CN=C(NCCc1cn2cccc(C)c2n1)N1CCC(C)C(n2ccnc2)C1. The molecule has 1 N–H and O–H groups in total. The topological polar surface area (TPSA) is 62.8 Å². The van der Waals surface area contributed by atoms with Crippen molar-refractivity contribution in [3.05, 3.63) is 54.5 Å². The molecule has 148 valence electrons. The molecule has 2 atom stereocenters. The number of hydrogen-bond donors (Lipinski definition) is 1. The fourth-order valence-electron chi connectivity index (χ4n) is 4.05. The van der Waals surface area contributed by atoms with Gasteiger partial charge in [0, 0.05) is 57.9 Å². The lowest BCUT2D eigenvalue weighted by atomic mass is 9.93. The zero-order chi connectivity index (χ0) is 19.5. The van der Waals surface area contributed by atoms with Gasteiger partial charge in [0.2, 0.25) is 0 Å². The zero-order valence-electron chi connectivity index (χ0n) is 16.9. The Morgan fingerprint density at radius 3 is 3.00 bits per heavy atom. The average molecular weight is 380 g/mol. The van der Waals surface area contributed by atoms with Crippen LogP contribution in [-0.4, -0.2) is 56.5 Å². The first-order valence-corrected chi connectivity index (χ1v) is 10.0. The predicted molar refractivity (Wildman–Crippen MR) is 112 cm³/mol. The van der Waals surface area contributed by atoms with Crippen molar-refractivity contribution in [1.29, 1.82) is 0 Å². The fourth-order valence-corrected chi connectivity index (χ4v) is 4.05. The number of piperidine rings is 1. The Morgan fingerprint density at radius 1 is 1.36 bits per heavy atom. The Labute approximate surface area is 166 Å². The summed E-state index contributed by atoms with van der Waals surface area (Å²) in [5, 5.41) is 3.53. The summed E-state index contributed by atoms with van der Waals surface area (Å²) < 4.78 is 4.32. The first kappa shape index (κ1) is 18.5. The minimum atomic E-state index is 0.427. The highest BCUT2D eigenvalue weighted by Crippen LogP contribution is 2.27. The molecule has 28 heavy (non-hydrogen) atoms. The van der Waals surface area contributed by atoms with Crippen LogP contribution in [0.5, 0.6) is 0 Å². The van der Waals surface area contributed by atoms with Crippen molar-refractivity contribution in [3.63, 3.8) is 0 Å². The number of hydrogen-bond acceptors (Lipinski definition) is 3. The van der Waals surface area contributed by atoms with Gasteiger partial charge in [-0.3, -0.25) is 4.99 Å². The number of nitrogens with zero attached hydrogens (tertiary/aromatic N) is 6. The van der Waals surface area contributed by atoms with Gasteiger partial charge in [0.15, 0.2) is 5.96 Å². The van der Waals surface area contributed by atoms with Gasteiger partial charge in [-0.05, 0) is 30.9 Å². The van der Waals surface area contributed by atoms with E-state index in [2.05, 4.69) is 73.7 Å². The predicted octanol–water partition coefficient (Wildman–Crippen LogP) is 2.54. The number of pyridine rings is 1. The summed E-state index contributed by atoms with van der Waals surface area (Å²) in [6.45, 7) is 7.21. The molecular formula is C21H29N7. The van der Waals surface area contributed by atoms with E-state index < -0.39 is 0 Å². The number of imidazole rings is 2. The Kier molecular flexibility index (Phi) is 5.32. The van der Waals surface area contributed by atoms with Gasteiger partial charge >= 0.3 is 0 Å². The van der Waals surface area contributed by atoms with Crippen molar-refractivity contribution >= 4 is 11.6 Å². The van der Waals surface area contributed by atoms with Gasteiger partial charge in [-0.1, -0.05) is 13.0 Å². The second-order valence-electron chi connectivity index (χ2n) is 7.67. The molecule has 0 amide bonds. The van der Waals surface area contributed by atoms with Gasteiger partial charge in [0.25, 0.3) is 0 Å². The van der Waals surface area contributed by atoms with E-state index >= 15 is 0 Å². The Balaban J connectivity index is 1.37. The van der Waals surface area contributed by atoms with Crippen molar-refractivity contribution in [2.75, 3.05) is 26.7 Å². The number of aromatic nitrogens is 4. The molecule has 0 spiro atoms. The lowest BCUT2D eigenvalue weighted by Gasteiger charge is -2.39. The highest BCUT2D eigenvalue weighted by atomic mass is 15.3. The molecule has 0 bridgehead atoms. The summed E-state index contributed by atoms with van der Waals surface area (Å²) in [4.78, 5) is 15.9. The molecule has 4 heterocycles. The smallest absolute Gasteiger partial charge is 0.193 e. The number of aliphatic imine (C=N–C) groups is 1. The Bertz CT molecular complexity index is 941. The molecule has 1 fully saturated rings. The number of likely N-dealkylation sites (tertiary alicyclic amines) is 1. The molecule has 1 aliphatic rings. The largest absolute Gasteiger partial charge is 0.356 e. The van der Waals surface area contributed by atoms with E-state index in [1.54, 1.807) is 0 Å². The molecule has 2 unspecified atom stereocenters. The van der Waals surface area contributed by atoms with Crippen LogP contribution in [-0.2, 0) is 6.42 Å². The van der Waals surface area contributed by atoms with Crippen LogP contribution in [0, 0.1) is 12.8 Å². The van der Waals surface area contributed by atoms with Crippen LogP contribution >= 0.6 is 0 Å². The van der Waals surface area contributed by atoms with Gasteiger partial charge in [-0.2, -0.15) is 0 Å². The van der Waals surface area contributed by atoms with Crippen LogP contribution < -0.4 is 5.32 Å². The fraction of sp³-hybridized carbons (Fsp3) is 0.476. The lowest BCUT2D eigenvalue weighted by Crippen LogP contribution is -2.49. The summed E-state index contributed by atoms with van der Waals surface area (Å²) in [6, 6.07) is 4.58. The third-order valence-electron chi connectivity index (χ3n) is 5.73. The van der Waals surface area contributed by atoms with Gasteiger partial charge in [-0.15, -0.1) is 0 Å². The second kappa shape index (κ2) is 8.04. The van der Waals surface area contributed by atoms with Crippen LogP contribution in [0.4, 0.5) is 0 Å². The van der Waals surface area contributed by atoms with E-state index in [0.717, 1.165) is 49.8 Å². The molecule has 0 radical (unpaired) electrons. The minimum Gasteiger partial charge on any atom is -0.356 e. The number of rotatable bonds is 4. The van der Waals surface area contributed by atoms with Crippen LogP contribution in [0.25, 0.3) is 5.65 Å². The first-order chi connectivity index (χ1) is 13.7. The van der Waals surface area contributed by atoms with E-state index in [1.807, 2.05) is 19.6 Å². The summed E-state index contributed by atoms with van der Waals surface area (Å²) in [6.07, 6.45) is 12.0. The zero-order valence-corrected chi connectivity index (χ0v) is 16.9. The van der Waals surface area contributed by atoms with Crippen molar-refractivity contribution in [1.82, 2.24) is 29.2 Å². The van der Waals surface area contributed by atoms with Crippen molar-refractivity contribution in [3.8, 4) is 0 Å². The third kappa shape index (κ3) is 3.74. The number of nitrogens with one attached hydrogen (secondary N) is 1. The maximum atomic E-state index is 4.76. The van der Waals surface area contributed by atoms with Crippen molar-refractivity contribution < 1.29 is 0 Å². The molecule has 0 aliphatic carbocycles. The van der Waals surface area contributed by atoms with E-state index in [9.17, 15) is 0 Å². The molecule has 4 rings (SSSR count). The summed E-state index contributed by atoms with van der Waals surface area (Å²) in [5.41, 5.74) is 3.33. The Morgan fingerprint density at radius 2 is 2.25 bits per heavy atom. The molecule has 1 aliphatic heterocycles. The maximum Gasteiger partial charge on any atom is 0.193 e. The number of guanidine groups is 1. The van der Waals surface area contributed by atoms with E-state index in [4.69, 9.17) is 4.98 Å². The minimum absolute atomic E-state index is 0.427. The second-order valence-corrected chi connectivity index (χ2v) is 7.67. The van der Waals surface area contributed by atoms with Crippen molar-refractivity contribution in [2.24, 2.45) is 10.9 Å². The molecule has 0 aromatic carbocycles. The first-order valence-electron chi connectivity index (χ1n) is 10.0. The number of aryl methyl sites for hydroxylation is 1. The normalized spacial score (nSPS) is 20.7. The van der Waals surface area contributed by atoms with E-state index in [-0.39, 0.29) is 0 Å².